The predicted octanol–water partition coefficient (Wildman–Crippen LogP) is 6.19. The maximum atomic E-state index is 14.5. The quantitative estimate of drug-likeness (QED) is 0.196. The van der Waals surface area contributed by atoms with Crippen molar-refractivity contribution in [3.8, 4) is 0 Å². The fourth-order valence-corrected chi connectivity index (χ4v) is 10.8. The molecule has 18 unspecified atom stereocenters. The van der Waals surface area contributed by atoms with E-state index in [0.29, 0.717) is 44.9 Å². The average molecular weight is 778 g/mol. The third kappa shape index (κ3) is 8.39. The minimum atomic E-state index is -1.36. The number of aliphatic hydroxyl groups is 3. The van der Waals surface area contributed by atoms with Crippen molar-refractivity contribution in [3.05, 3.63) is 12.2 Å². The summed E-state index contributed by atoms with van der Waals surface area (Å²) in [6, 6.07) is 0. The molecule has 0 radical (unpaired) electrons. The number of aliphatic hydroxyl groups excluding tert-OH is 2. The molecule has 2 spiro atoms. The maximum Gasteiger partial charge on any atom is 0.227 e. The summed E-state index contributed by atoms with van der Waals surface area (Å²) in [6.07, 6.45) is 6.42. The molecule has 0 aromatic rings. The predicted molar refractivity (Wildman–Crippen MR) is 210 cm³/mol. The molecule has 5 heterocycles. The van der Waals surface area contributed by atoms with E-state index in [-0.39, 0.29) is 65.7 Å². The van der Waals surface area contributed by atoms with E-state index < -0.39 is 52.9 Å². The van der Waals surface area contributed by atoms with Gasteiger partial charge in [0, 0.05) is 44.2 Å². The first-order chi connectivity index (χ1) is 25.7. The van der Waals surface area contributed by atoms with Crippen LogP contribution in [0.15, 0.2) is 12.2 Å². The van der Waals surface area contributed by atoms with E-state index in [9.17, 15) is 24.9 Å². The first kappa shape index (κ1) is 44.7. The number of rotatable bonds is 12. The summed E-state index contributed by atoms with van der Waals surface area (Å²) < 4.78 is 33.8. The standard InChI is InChI=1S/C44H75NO10/c1-13-31(40(49)45(11)12)33-17-16-25(4)38(52-33)29(8)36(47)28(7)37(48)32(14-2)39-26(5)24-27(6)43(53-39)21-18-34(46)44(55-43)23-22-41(10,54-44)35-19-20-42(50,15-3)30(9)51-35/h18,21,25-36,38-39,46-47,50H,13-17,19-20,22-24H2,1-12H3. The Morgan fingerprint density at radius 2 is 1.56 bits per heavy atom. The SMILES string of the molecule is CCC(C(=O)N(C)C)C1CCC(C)C(C(C)C(O)C(C)C(=O)C(CC)C2OC3(C=CC(O)C4(CCC(C)(C5CCC(O)(CC)C(C)O5)O4)O3)C(C)CC2C)O1. The monoisotopic (exact) mass is 778 g/mol. The lowest BCUT2D eigenvalue weighted by Gasteiger charge is -2.54. The first-order valence-corrected chi connectivity index (χ1v) is 21.6. The molecule has 0 aromatic carbocycles. The van der Waals surface area contributed by atoms with Crippen molar-refractivity contribution in [1.82, 2.24) is 4.90 Å². The topological polar surface area (TPSA) is 144 Å². The number of nitrogens with zero attached hydrogens (tertiary/aromatic N) is 1. The van der Waals surface area contributed by atoms with E-state index in [0.717, 1.165) is 19.3 Å². The molecule has 11 heteroatoms. The van der Waals surface area contributed by atoms with E-state index in [1.807, 2.05) is 54.5 Å². The zero-order chi connectivity index (χ0) is 40.8. The van der Waals surface area contributed by atoms with Crippen molar-refractivity contribution in [2.24, 2.45) is 41.4 Å². The summed E-state index contributed by atoms with van der Waals surface area (Å²) in [5.74, 6) is -4.23. The van der Waals surface area contributed by atoms with Crippen LogP contribution < -0.4 is 0 Å². The van der Waals surface area contributed by atoms with Gasteiger partial charge in [-0.25, -0.2) is 0 Å². The third-order valence-corrected chi connectivity index (χ3v) is 14.9. The van der Waals surface area contributed by atoms with Crippen molar-refractivity contribution in [2.75, 3.05) is 14.1 Å². The highest BCUT2D eigenvalue weighted by molar-refractivity contribution is 5.84. The van der Waals surface area contributed by atoms with Gasteiger partial charge in [0.1, 0.15) is 11.9 Å². The highest BCUT2D eigenvalue weighted by Gasteiger charge is 2.63. The number of ether oxygens (including phenoxy) is 5. The number of carbonyl (C=O) groups excluding carboxylic acids is 2. The molecule has 55 heavy (non-hydrogen) atoms. The second kappa shape index (κ2) is 17.0. The van der Waals surface area contributed by atoms with Crippen LogP contribution in [0.2, 0.25) is 0 Å². The minimum absolute atomic E-state index is 0.0305. The second-order valence-electron chi connectivity index (χ2n) is 18.8. The summed E-state index contributed by atoms with van der Waals surface area (Å²) >= 11 is 0. The Labute approximate surface area is 331 Å². The van der Waals surface area contributed by atoms with Gasteiger partial charge in [-0.1, -0.05) is 55.4 Å². The molecule has 0 aliphatic carbocycles. The van der Waals surface area contributed by atoms with Gasteiger partial charge < -0.3 is 43.9 Å². The van der Waals surface area contributed by atoms with Crippen LogP contribution in [0, 0.1) is 41.4 Å². The summed E-state index contributed by atoms with van der Waals surface area (Å²) in [5, 5.41) is 34.4. The Kier molecular flexibility index (Phi) is 13.8. The fraction of sp³-hybridized carbons (Fsp3) is 0.909. The molecule has 4 saturated heterocycles. The molecular weight excluding hydrogens is 702 g/mol. The first-order valence-electron chi connectivity index (χ1n) is 21.6. The van der Waals surface area contributed by atoms with Crippen LogP contribution >= 0.6 is 0 Å². The van der Waals surface area contributed by atoms with Crippen LogP contribution in [0.25, 0.3) is 0 Å². The van der Waals surface area contributed by atoms with Crippen molar-refractivity contribution in [1.29, 1.82) is 0 Å². The molecule has 5 rings (SSSR count). The van der Waals surface area contributed by atoms with Gasteiger partial charge in [0.15, 0.2) is 5.79 Å². The fourth-order valence-electron chi connectivity index (χ4n) is 10.8. The molecule has 0 aromatic heterocycles. The zero-order valence-electron chi connectivity index (χ0n) is 36.0. The second-order valence-corrected chi connectivity index (χ2v) is 18.8. The normalized spacial score (nSPS) is 44.9. The summed E-state index contributed by atoms with van der Waals surface area (Å²) in [6.45, 7) is 20.0. The molecular formula is C44H75NO10. The number of hydrogen-bond acceptors (Lipinski definition) is 10. The van der Waals surface area contributed by atoms with E-state index in [2.05, 4.69) is 20.8 Å². The molecule has 5 aliphatic rings. The molecule has 0 saturated carbocycles. The third-order valence-electron chi connectivity index (χ3n) is 14.9. The lowest BCUT2D eigenvalue weighted by atomic mass is 9.72. The average Bonchev–Trinajstić information content (AvgIpc) is 3.50. The number of hydrogen-bond donors (Lipinski definition) is 3. The minimum Gasteiger partial charge on any atom is -0.392 e. The summed E-state index contributed by atoms with van der Waals surface area (Å²) in [7, 11) is 3.55. The van der Waals surface area contributed by atoms with Gasteiger partial charge in [-0.15, -0.1) is 0 Å². The summed E-state index contributed by atoms with van der Waals surface area (Å²) in [5.41, 5.74) is -1.62. The Balaban J connectivity index is 1.31. The van der Waals surface area contributed by atoms with Gasteiger partial charge >= 0.3 is 0 Å². The van der Waals surface area contributed by atoms with Gasteiger partial charge in [0.05, 0.1) is 53.7 Å². The Morgan fingerprint density at radius 3 is 2.16 bits per heavy atom. The maximum absolute atomic E-state index is 14.5. The smallest absolute Gasteiger partial charge is 0.227 e. The van der Waals surface area contributed by atoms with Gasteiger partial charge in [-0.05, 0) is 95.6 Å². The van der Waals surface area contributed by atoms with Crippen LogP contribution in [0.1, 0.15) is 133 Å². The molecule has 0 bridgehead atoms. The Hall–Kier alpha value is -1.44. The molecule has 3 N–H and O–H groups in total. The van der Waals surface area contributed by atoms with E-state index in [1.54, 1.807) is 25.1 Å². The molecule has 11 nitrogen and oxygen atoms in total. The van der Waals surface area contributed by atoms with Gasteiger partial charge in [-0.2, -0.15) is 0 Å². The summed E-state index contributed by atoms with van der Waals surface area (Å²) in [4.78, 5) is 29.2. The largest absolute Gasteiger partial charge is 0.392 e. The molecule has 5 aliphatic heterocycles. The number of ketones is 1. The van der Waals surface area contributed by atoms with Gasteiger partial charge in [0.2, 0.25) is 11.7 Å². The zero-order valence-corrected chi connectivity index (χ0v) is 36.0. The van der Waals surface area contributed by atoms with Gasteiger partial charge in [-0.3, -0.25) is 9.59 Å². The number of Topliss-reactive ketones (excluding diaryl/α,β-unsaturated/α-hetero) is 1. The van der Waals surface area contributed by atoms with Crippen LogP contribution in [-0.4, -0.2) is 112 Å². The van der Waals surface area contributed by atoms with Gasteiger partial charge in [0.25, 0.3) is 0 Å². The van der Waals surface area contributed by atoms with E-state index in [4.69, 9.17) is 23.7 Å². The van der Waals surface area contributed by atoms with Crippen molar-refractivity contribution < 1.29 is 48.6 Å². The lowest BCUT2D eigenvalue weighted by Crippen LogP contribution is -2.63. The van der Waals surface area contributed by atoms with Crippen LogP contribution in [0.3, 0.4) is 0 Å². The van der Waals surface area contributed by atoms with E-state index in [1.165, 1.54) is 0 Å². The van der Waals surface area contributed by atoms with Crippen LogP contribution in [-0.2, 0) is 33.3 Å². The molecule has 1 amide bonds. The van der Waals surface area contributed by atoms with Crippen LogP contribution in [0.5, 0.6) is 0 Å². The van der Waals surface area contributed by atoms with Crippen molar-refractivity contribution in [2.45, 2.75) is 199 Å². The molecule has 316 valence electrons. The highest BCUT2D eigenvalue weighted by atomic mass is 16.8. The Morgan fingerprint density at radius 1 is 0.891 bits per heavy atom. The van der Waals surface area contributed by atoms with E-state index >= 15 is 0 Å². The lowest BCUT2D eigenvalue weighted by molar-refractivity contribution is -0.409. The van der Waals surface area contributed by atoms with Crippen molar-refractivity contribution in [3.63, 3.8) is 0 Å². The van der Waals surface area contributed by atoms with Crippen LogP contribution in [0.4, 0.5) is 0 Å². The molecule has 4 fully saturated rings. The number of amides is 1. The van der Waals surface area contributed by atoms with Crippen molar-refractivity contribution >= 4 is 11.7 Å². The molecule has 18 atom stereocenters. The Bertz CT molecular complexity index is 1380. The number of carbonyl (C=O) groups is 2. The highest BCUT2D eigenvalue weighted by Crippen LogP contribution is 2.54.